The van der Waals surface area contributed by atoms with Crippen LogP contribution in [0.5, 0.6) is 0 Å². The number of rotatable bonds is 4. The van der Waals surface area contributed by atoms with Crippen molar-refractivity contribution in [1.82, 2.24) is 20.0 Å². The van der Waals surface area contributed by atoms with Crippen LogP contribution in [-0.4, -0.2) is 38.9 Å². The number of nitrogens with zero attached hydrogens (tertiary/aromatic N) is 3. The van der Waals surface area contributed by atoms with Crippen LogP contribution < -0.4 is 5.32 Å². The van der Waals surface area contributed by atoms with Crippen molar-refractivity contribution in [2.45, 2.75) is 43.9 Å². The average molecular weight is 435 g/mol. The Balaban J connectivity index is 1.27. The van der Waals surface area contributed by atoms with Crippen LogP contribution in [0.15, 0.2) is 60.8 Å². The van der Waals surface area contributed by atoms with Gasteiger partial charge >= 0.3 is 6.03 Å². The standard InChI is InChI=1S/C25H27FN4O2/c26-20-9-4-8-19(14-20)25(32)12-13-29(17-25)24(31)28-22-10-5-11-23-21(22)15-27-30(23)16-18-6-2-1-3-7-18/h1-4,6-9,14-15,22,32H,5,10-13,16-17H2,(H,28,31). The smallest absolute Gasteiger partial charge is 0.317 e. The van der Waals surface area contributed by atoms with Crippen LogP contribution >= 0.6 is 0 Å². The van der Waals surface area contributed by atoms with E-state index in [-0.39, 0.29) is 24.4 Å². The summed E-state index contributed by atoms with van der Waals surface area (Å²) in [7, 11) is 0. The first kappa shape index (κ1) is 20.7. The summed E-state index contributed by atoms with van der Waals surface area (Å²) >= 11 is 0. The quantitative estimate of drug-likeness (QED) is 0.657. The number of aliphatic hydroxyl groups is 1. The number of fused-ring (bicyclic) bond motifs is 1. The molecule has 2 aromatic carbocycles. The molecule has 2 atom stereocenters. The maximum atomic E-state index is 13.6. The third kappa shape index (κ3) is 4.00. The van der Waals surface area contributed by atoms with Crippen LogP contribution in [0, 0.1) is 5.82 Å². The van der Waals surface area contributed by atoms with E-state index < -0.39 is 5.60 Å². The molecular weight excluding hydrogens is 407 g/mol. The molecule has 166 valence electrons. The maximum absolute atomic E-state index is 13.6. The largest absolute Gasteiger partial charge is 0.383 e. The summed E-state index contributed by atoms with van der Waals surface area (Å²) in [5.74, 6) is -0.388. The lowest BCUT2D eigenvalue weighted by atomic mass is 9.93. The topological polar surface area (TPSA) is 70.4 Å². The second-order valence-corrected chi connectivity index (χ2v) is 8.80. The highest BCUT2D eigenvalue weighted by Gasteiger charge is 2.40. The Morgan fingerprint density at radius 1 is 1.22 bits per heavy atom. The summed E-state index contributed by atoms with van der Waals surface area (Å²) in [5, 5.41) is 18.8. The van der Waals surface area contributed by atoms with Crippen LogP contribution in [-0.2, 0) is 18.6 Å². The Morgan fingerprint density at radius 3 is 2.88 bits per heavy atom. The Labute approximate surface area is 186 Å². The van der Waals surface area contributed by atoms with Gasteiger partial charge in [0.2, 0.25) is 0 Å². The molecule has 2 amide bonds. The normalized spacial score (nSPS) is 22.6. The molecule has 2 aliphatic rings. The molecule has 32 heavy (non-hydrogen) atoms. The first-order chi connectivity index (χ1) is 15.5. The summed E-state index contributed by atoms with van der Waals surface area (Å²) in [4.78, 5) is 14.6. The third-order valence-electron chi connectivity index (χ3n) is 6.63. The van der Waals surface area contributed by atoms with Crippen molar-refractivity contribution in [2.24, 2.45) is 0 Å². The molecule has 0 radical (unpaired) electrons. The number of urea groups is 1. The fourth-order valence-corrected chi connectivity index (χ4v) is 4.88. The van der Waals surface area contributed by atoms with Gasteiger partial charge in [-0.1, -0.05) is 42.5 Å². The minimum Gasteiger partial charge on any atom is -0.383 e. The van der Waals surface area contributed by atoms with Crippen molar-refractivity contribution in [3.63, 3.8) is 0 Å². The summed E-state index contributed by atoms with van der Waals surface area (Å²) in [5.41, 5.74) is 2.72. The van der Waals surface area contributed by atoms with Crippen LogP contribution in [0.4, 0.5) is 9.18 Å². The number of β-amino-alcohol motifs (C(OH)–C–C–N with tert-alkyl or cyclic N) is 1. The third-order valence-corrected chi connectivity index (χ3v) is 6.63. The number of halogens is 1. The zero-order chi connectivity index (χ0) is 22.1. The number of amides is 2. The van der Waals surface area contributed by atoms with E-state index in [0.717, 1.165) is 24.8 Å². The molecule has 5 rings (SSSR count). The van der Waals surface area contributed by atoms with Gasteiger partial charge in [-0.25, -0.2) is 9.18 Å². The van der Waals surface area contributed by atoms with Crippen molar-refractivity contribution in [2.75, 3.05) is 13.1 Å². The summed E-state index contributed by atoms with van der Waals surface area (Å²) in [6, 6.07) is 15.9. The summed E-state index contributed by atoms with van der Waals surface area (Å²) in [6.07, 6.45) is 5.03. The molecular formula is C25H27FN4O2. The number of nitrogens with one attached hydrogen (secondary N) is 1. The molecule has 7 heteroatoms. The Kier molecular flexibility index (Phi) is 5.43. The van der Waals surface area contributed by atoms with Gasteiger partial charge in [0, 0.05) is 17.8 Å². The lowest BCUT2D eigenvalue weighted by Gasteiger charge is -2.28. The lowest BCUT2D eigenvalue weighted by Crippen LogP contribution is -2.43. The van der Waals surface area contributed by atoms with Crippen molar-refractivity contribution in [1.29, 1.82) is 0 Å². The van der Waals surface area contributed by atoms with E-state index >= 15 is 0 Å². The van der Waals surface area contributed by atoms with Gasteiger partial charge < -0.3 is 15.3 Å². The molecule has 1 aromatic heterocycles. The SMILES string of the molecule is O=C(NC1CCCc2c1cnn2Cc1ccccc1)N1CCC(O)(c2cccc(F)c2)C1. The molecule has 2 unspecified atom stereocenters. The molecule has 1 aliphatic heterocycles. The van der Waals surface area contributed by atoms with Gasteiger partial charge in [0.05, 0.1) is 25.3 Å². The van der Waals surface area contributed by atoms with Gasteiger partial charge in [-0.3, -0.25) is 4.68 Å². The number of benzene rings is 2. The van der Waals surface area contributed by atoms with Gasteiger partial charge in [-0.15, -0.1) is 0 Å². The van der Waals surface area contributed by atoms with Crippen LogP contribution in [0.2, 0.25) is 0 Å². The number of hydrogen-bond acceptors (Lipinski definition) is 3. The van der Waals surface area contributed by atoms with E-state index in [1.807, 2.05) is 29.1 Å². The molecule has 3 aromatic rings. The van der Waals surface area contributed by atoms with Crippen molar-refractivity contribution in [3.8, 4) is 0 Å². The van der Waals surface area contributed by atoms with Gasteiger partial charge in [-0.05, 0) is 48.9 Å². The Hall–Kier alpha value is -3.19. The second-order valence-electron chi connectivity index (χ2n) is 8.80. The first-order valence-corrected chi connectivity index (χ1v) is 11.1. The van der Waals surface area contributed by atoms with Crippen LogP contribution in [0.25, 0.3) is 0 Å². The summed E-state index contributed by atoms with van der Waals surface area (Å²) < 4.78 is 15.7. The minimum absolute atomic E-state index is 0.0985. The molecule has 0 bridgehead atoms. The fraction of sp³-hybridized carbons (Fsp3) is 0.360. The molecule has 6 nitrogen and oxygen atoms in total. The van der Waals surface area contributed by atoms with Crippen LogP contribution in [0.1, 0.15) is 47.7 Å². The summed E-state index contributed by atoms with van der Waals surface area (Å²) in [6.45, 7) is 1.28. The van der Waals surface area contributed by atoms with Gasteiger partial charge in [0.15, 0.2) is 0 Å². The Morgan fingerprint density at radius 2 is 2.06 bits per heavy atom. The number of likely N-dealkylation sites (tertiary alicyclic amines) is 1. The van der Waals surface area contributed by atoms with Crippen molar-refractivity contribution in [3.05, 3.63) is 89.0 Å². The van der Waals surface area contributed by atoms with Gasteiger partial charge in [0.1, 0.15) is 11.4 Å². The highest BCUT2D eigenvalue weighted by molar-refractivity contribution is 5.75. The molecule has 2 N–H and O–H groups in total. The number of aromatic nitrogens is 2. The van der Waals surface area contributed by atoms with Crippen molar-refractivity contribution < 1.29 is 14.3 Å². The Bertz CT molecular complexity index is 1120. The predicted octanol–water partition coefficient (Wildman–Crippen LogP) is 3.75. The fourth-order valence-electron chi connectivity index (χ4n) is 4.88. The molecule has 2 heterocycles. The zero-order valence-corrected chi connectivity index (χ0v) is 17.9. The number of hydrogen-bond donors (Lipinski definition) is 2. The first-order valence-electron chi connectivity index (χ1n) is 11.1. The van der Waals surface area contributed by atoms with E-state index in [1.54, 1.807) is 17.0 Å². The van der Waals surface area contributed by atoms with Gasteiger partial charge in [-0.2, -0.15) is 5.10 Å². The zero-order valence-electron chi connectivity index (χ0n) is 17.9. The molecule has 0 spiro atoms. The highest BCUT2D eigenvalue weighted by atomic mass is 19.1. The van der Waals surface area contributed by atoms with E-state index in [2.05, 4.69) is 22.5 Å². The predicted molar refractivity (Wildman–Crippen MR) is 118 cm³/mol. The van der Waals surface area contributed by atoms with E-state index in [0.29, 0.717) is 25.1 Å². The lowest BCUT2D eigenvalue weighted by molar-refractivity contribution is 0.0489. The molecule has 1 saturated heterocycles. The monoisotopic (exact) mass is 434 g/mol. The number of carbonyl (C=O) groups excluding carboxylic acids is 1. The second kappa shape index (κ2) is 8.39. The average Bonchev–Trinajstić information content (AvgIpc) is 3.40. The van der Waals surface area contributed by atoms with E-state index in [9.17, 15) is 14.3 Å². The molecule has 1 aliphatic carbocycles. The van der Waals surface area contributed by atoms with Crippen LogP contribution in [0.3, 0.4) is 0 Å². The molecule has 0 saturated carbocycles. The maximum Gasteiger partial charge on any atom is 0.317 e. The van der Waals surface area contributed by atoms with E-state index in [4.69, 9.17) is 0 Å². The highest BCUT2D eigenvalue weighted by Crippen LogP contribution is 2.34. The minimum atomic E-state index is -1.22. The van der Waals surface area contributed by atoms with Gasteiger partial charge in [0.25, 0.3) is 0 Å². The van der Waals surface area contributed by atoms with Crippen molar-refractivity contribution >= 4 is 6.03 Å². The van der Waals surface area contributed by atoms with E-state index in [1.165, 1.54) is 23.4 Å². The number of carbonyl (C=O) groups is 1. The molecule has 1 fully saturated rings.